The van der Waals surface area contributed by atoms with Crippen LogP contribution in [-0.4, -0.2) is 12.8 Å². The van der Waals surface area contributed by atoms with E-state index in [4.69, 9.17) is 28.9 Å². The molecule has 2 aromatic carbocycles. The van der Waals surface area contributed by atoms with Crippen molar-refractivity contribution in [1.29, 1.82) is 0 Å². The summed E-state index contributed by atoms with van der Waals surface area (Å²) in [5.74, 6) is 0.0432. The topological polar surface area (TPSA) is 35.2 Å². The standard InChI is InChI=1S/C14H10Cl2F3NO/c15-9-3-8(4-10(16)5-9)12-2-1-11(6-13(12)20)21-7-14(17,18)19/h1-6H,7,20H2. The molecular weight excluding hydrogens is 326 g/mol. The maximum Gasteiger partial charge on any atom is 0.422 e. The first-order chi connectivity index (χ1) is 9.74. The summed E-state index contributed by atoms with van der Waals surface area (Å²) in [7, 11) is 0. The highest BCUT2D eigenvalue weighted by Gasteiger charge is 2.28. The quantitative estimate of drug-likeness (QED) is 0.784. The molecule has 21 heavy (non-hydrogen) atoms. The number of alkyl halides is 3. The van der Waals surface area contributed by atoms with E-state index in [2.05, 4.69) is 4.74 Å². The third kappa shape index (κ3) is 4.44. The van der Waals surface area contributed by atoms with Crippen molar-refractivity contribution >= 4 is 28.9 Å². The van der Waals surface area contributed by atoms with Crippen LogP contribution in [0.5, 0.6) is 5.75 Å². The number of hydrogen-bond acceptors (Lipinski definition) is 2. The van der Waals surface area contributed by atoms with Crippen molar-refractivity contribution in [1.82, 2.24) is 0 Å². The van der Waals surface area contributed by atoms with E-state index in [9.17, 15) is 13.2 Å². The zero-order chi connectivity index (χ0) is 15.6. The second-order valence-corrected chi connectivity index (χ2v) is 5.18. The Labute approximate surface area is 129 Å². The molecule has 0 aliphatic carbocycles. The molecule has 2 N–H and O–H groups in total. The van der Waals surface area contributed by atoms with Gasteiger partial charge in [-0.15, -0.1) is 0 Å². The third-order valence-electron chi connectivity index (χ3n) is 2.60. The van der Waals surface area contributed by atoms with Gasteiger partial charge in [-0.1, -0.05) is 23.2 Å². The molecule has 112 valence electrons. The highest BCUT2D eigenvalue weighted by molar-refractivity contribution is 6.35. The number of hydrogen-bond donors (Lipinski definition) is 1. The Morgan fingerprint density at radius 1 is 1.00 bits per heavy atom. The zero-order valence-corrected chi connectivity index (χ0v) is 12.1. The first-order valence-corrected chi connectivity index (χ1v) is 6.56. The van der Waals surface area contributed by atoms with Gasteiger partial charge in [0.1, 0.15) is 5.75 Å². The fourth-order valence-corrected chi connectivity index (χ4v) is 2.29. The number of rotatable bonds is 3. The van der Waals surface area contributed by atoms with Crippen LogP contribution in [0.3, 0.4) is 0 Å². The van der Waals surface area contributed by atoms with Crippen LogP contribution in [0.2, 0.25) is 10.0 Å². The maximum absolute atomic E-state index is 12.1. The van der Waals surface area contributed by atoms with Gasteiger partial charge in [0, 0.05) is 27.4 Å². The molecule has 0 heterocycles. The molecule has 0 aliphatic rings. The Hall–Kier alpha value is -1.59. The van der Waals surface area contributed by atoms with Crippen molar-refractivity contribution in [3.63, 3.8) is 0 Å². The minimum Gasteiger partial charge on any atom is -0.484 e. The monoisotopic (exact) mass is 335 g/mol. The third-order valence-corrected chi connectivity index (χ3v) is 3.04. The Kier molecular flexibility index (Phi) is 4.54. The van der Waals surface area contributed by atoms with Crippen LogP contribution in [-0.2, 0) is 0 Å². The van der Waals surface area contributed by atoms with Gasteiger partial charge in [-0.25, -0.2) is 0 Å². The number of benzene rings is 2. The normalized spacial score (nSPS) is 11.5. The van der Waals surface area contributed by atoms with Gasteiger partial charge in [0.05, 0.1) is 0 Å². The van der Waals surface area contributed by atoms with Crippen LogP contribution in [0.4, 0.5) is 18.9 Å². The van der Waals surface area contributed by atoms with Crippen molar-refractivity contribution in [3.05, 3.63) is 46.4 Å². The Morgan fingerprint density at radius 2 is 1.62 bits per heavy atom. The van der Waals surface area contributed by atoms with Crippen LogP contribution < -0.4 is 10.5 Å². The second kappa shape index (κ2) is 6.03. The molecule has 0 atom stereocenters. The molecule has 2 nitrogen and oxygen atoms in total. The van der Waals surface area contributed by atoms with Crippen LogP contribution in [0, 0.1) is 0 Å². The van der Waals surface area contributed by atoms with Crippen LogP contribution in [0.25, 0.3) is 11.1 Å². The van der Waals surface area contributed by atoms with Gasteiger partial charge in [0.15, 0.2) is 6.61 Å². The van der Waals surface area contributed by atoms with Gasteiger partial charge >= 0.3 is 6.18 Å². The van der Waals surface area contributed by atoms with Crippen molar-refractivity contribution < 1.29 is 17.9 Å². The molecule has 0 aliphatic heterocycles. The maximum atomic E-state index is 12.1. The lowest BCUT2D eigenvalue weighted by molar-refractivity contribution is -0.153. The number of nitrogens with two attached hydrogens (primary N) is 1. The summed E-state index contributed by atoms with van der Waals surface area (Å²) in [5, 5.41) is 0.878. The summed E-state index contributed by atoms with van der Waals surface area (Å²) in [6.07, 6.45) is -4.39. The predicted octanol–water partition coefficient (Wildman–Crippen LogP) is 5.18. The van der Waals surface area contributed by atoms with Gasteiger partial charge in [-0.3, -0.25) is 0 Å². The minimum atomic E-state index is -4.39. The van der Waals surface area contributed by atoms with E-state index in [1.165, 1.54) is 12.1 Å². The lowest BCUT2D eigenvalue weighted by Crippen LogP contribution is -2.19. The van der Waals surface area contributed by atoms with E-state index in [1.807, 2.05) is 0 Å². The van der Waals surface area contributed by atoms with Crippen LogP contribution in [0.15, 0.2) is 36.4 Å². The number of halogens is 5. The lowest BCUT2D eigenvalue weighted by Gasteiger charge is -2.12. The average molecular weight is 336 g/mol. The highest BCUT2D eigenvalue weighted by atomic mass is 35.5. The first-order valence-electron chi connectivity index (χ1n) is 5.80. The number of anilines is 1. The van der Waals surface area contributed by atoms with Gasteiger partial charge in [0.25, 0.3) is 0 Å². The molecule has 0 unspecified atom stereocenters. The van der Waals surface area contributed by atoms with E-state index in [-0.39, 0.29) is 11.4 Å². The van der Waals surface area contributed by atoms with Crippen molar-refractivity contribution in [2.45, 2.75) is 6.18 Å². The van der Waals surface area contributed by atoms with E-state index in [1.54, 1.807) is 24.3 Å². The van der Waals surface area contributed by atoms with Gasteiger partial charge in [-0.05, 0) is 35.9 Å². The predicted molar refractivity (Wildman–Crippen MR) is 77.9 cm³/mol. The van der Waals surface area contributed by atoms with Crippen LogP contribution in [0.1, 0.15) is 0 Å². The van der Waals surface area contributed by atoms with Crippen molar-refractivity contribution in [2.75, 3.05) is 12.3 Å². The molecular formula is C14H10Cl2F3NO. The van der Waals surface area contributed by atoms with Crippen molar-refractivity contribution in [2.24, 2.45) is 0 Å². The summed E-state index contributed by atoms with van der Waals surface area (Å²) < 4.78 is 40.9. The molecule has 0 fully saturated rings. The van der Waals surface area contributed by atoms with E-state index in [0.29, 0.717) is 21.2 Å². The largest absolute Gasteiger partial charge is 0.484 e. The molecule has 0 amide bonds. The number of ether oxygens (including phenoxy) is 1. The van der Waals surface area contributed by atoms with E-state index in [0.717, 1.165) is 0 Å². The second-order valence-electron chi connectivity index (χ2n) is 4.31. The van der Waals surface area contributed by atoms with E-state index >= 15 is 0 Å². The molecule has 0 bridgehead atoms. The smallest absolute Gasteiger partial charge is 0.422 e. The summed E-state index contributed by atoms with van der Waals surface area (Å²) in [6.45, 7) is -1.37. The Morgan fingerprint density at radius 3 is 2.14 bits per heavy atom. The van der Waals surface area contributed by atoms with Gasteiger partial charge in [0.2, 0.25) is 0 Å². The molecule has 0 saturated heterocycles. The Balaban J connectivity index is 2.27. The SMILES string of the molecule is Nc1cc(OCC(F)(F)F)ccc1-c1cc(Cl)cc(Cl)c1. The van der Waals surface area contributed by atoms with Crippen molar-refractivity contribution in [3.8, 4) is 16.9 Å². The minimum absolute atomic E-state index is 0.0432. The molecule has 2 aromatic rings. The molecule has 7 heteroatoms. The highest BCUT2D eigenvalue weighted by Crippen LogP contribution is 2.33. The summed E-state index contributed by atoms with van der Waals surface area (Å²) in [6, 6.07) is 9.19. The molecule has 0 saturated carbocycles. The first kappa shape index (κ1) is 15.8. The molecule has 0 spiro atoms. The summed E-state index contributed by atoms with van der Waals surface area (Å²) in [4.78, 5) is 0. The van der Waals surface area contributed by atoms with Gasteiger partial charge in [-0.2, -0.15) is 13.2 Å². The zero-order valence-electron chi connectivity index (χ0n) is 10.5. The average Bonchev–Trinajstić information content (AvgIpc) is 2.34. The molecule has 0 radical (unpaired) electrons. The Bertz CT molecular complexity index is 639. The molecule has 2 rings (SSSR count). The van der Waals surface area contributed by atoms with Crippen LogP contribution >= 0.6 is 23.2 Å². The van der Waals surface area contributed by atoms with E-state index < -0.39 is 12.8 Å². The number of nitrogen functional groups attached to an aromatic ring is 1. The fraction of sp³-hybridized carbons (Fsp3) is 0.143. The molecule has 0 aromatic heterocycles. The summed E-state index contributed by atoms with van der Waals surface area (Å²) >= 11 is 11.8. The lowest BCUT2D eigenvalue weighted by atomic mass is 10.0. The summed E-state index contributed by atoms with van der Waals surface area (Å²) in [5.41, 5.74) is 7.40. The fourth-order valence-electron chi connectivity index (χ4n) is 1.77. The van der Waals surface area contributed by atoms with Gasteiger partial charge < -0.3 is 10.5 Å².